The molecule has 2 rings (SSSR count). The number of sulfone groups is 1. The topological polar surface area (TPSA) is 113 Å². The van der Waals surface area contributed by atoms with Gasteiger partial charge in [0.25, 0.3) is 5.91 Å². The van der Waals surface area contributed by atoms with Gasteiger partial charge >= 0.3 is 5.97 Å². The van der Waals surface area contributed by atoms with Crippen LogP contribution in [0.3, 0.4) is 0 Å². The molecule has 0 fully saturated rings. The lowest BCUT2D eigenvalue weighted by Gasteiger charge is -2.14. The van der Waals surface area contributed by atoms with Gasteiger partial charge in [0, 0.05) is 6.20 Å². The first kappa shape index (κ1) is 17.6. The van der Waals surface area contributed by atoms with Gasteiger partial charge in [0.15, 0.2) is 9.84 Å². The van der Waals surface area contributed by atoms with Gasteiger partial charge in [0.2, 0.25) is 0 Å². The van der Waals surface area contributed by atoms with Crippen molar-refractivity contribution in [3.63, 3.8) is 0 Å². The van der Waals surface area contributed by atoms with Gasteiger partial charge in [-0.3, -0.25) is 9.78 Å². The van der Waals surface area contributed by atoms with E-state index in [1.54, 1.807) is 30.3 Å². The lowest BCUT2D eigenvalue weighted by molar-refractivity contribution is -0.139. The highest BCUT2D eigenvalue weighted by molar-refractivity contribution is 7.91. The Bertz CT molecular complexity index is 807. The lowest BCUT2D eigenvalue weighted by Crippen LogP contribution is -2.42. The molecule has 0 saturated carbocycles. The Morgan fingerprint density at radius 1 is 1.08 bits per heavy atom. The van der Waals surface area contributed by atoms with Crippen LogP contribution in [-0.4, -0.2) is 42.2 Å². The van der Waals surface area contributed by atoms with Gasteiger partial charge in [-0.1, -0.05) is 24.3 Å². The van der Waals surface area contributed by atoms with Gasteiger partial charge in [-0.25, -0.2) is 13.2 Å². The van der Waals surface area contributed by atoms with E-state index >= 15 is 0 Å². The number of pyridine rings is 1. The summed E-state index contributed by atoms with van der Waals surface area (Å²) in [6, 6.07) is 11.1. The largest absolute Gasteiger partial charge is 0.480 e. The second-order valence-corrected chi connectivity index (χ2v) is 7.11. The van der Waals surface area contributed by atoms with Crippen molar-refractivity contribution in [2.45, 2.75) is 17.4 Å². The van der Waals surface area contributed by atoms with Crippen LogP contribution in [0, 0.1) is 0 Å². The summed E-state index contributed by atoms with van der Waals surface area (Å²) in [7, 11) is -3.62. The van der Waals surface area contributed by atoms with Crippen molar-refractivity contribution in [2.75, 3.05) is 5.75 Å². The fourth-order valence-electron chi connectivity index (χ4n) is 2.01. The molecule has 0 aliphatic rings. The third-order valence-electron chi connectivity index (χ3n) is 3.28. The molecule has 0 saturated heterocycles. The Morgan fingerprint density at radius 3 is 2.33 bits per heavy atom. The molecule has 0 aliphatic carbocycles. The molecule has 0 spiro atoms. The summed E-state index contributed by atoms with van der Waals surface area (Å²) in [6.07, 6.45) is 1.16. The van der Waals surface area contributed by atoms with Gasteiger partial charge in [-0.2, -0.15) is 0 Å². The molecular formula is C16H16N2O5S. The van der Waals surface area contributed by atoms with Crippen molar-refractivity contribution >= 4 is 21.7 Å². The summed E-state index contributed by atoms with van der Waals surface area (Å²) < 4.78 is 24.4. The summed E-state index contributed by atoms with van der Waals surface area (Å²) in [6.45, 7) is 0. The molecule has 1 amide bonds. The number of hydrogen-bond acceptors (Lipinski definition) is 5. The van der Waals surface area contributed by atoms with E-state index in [1.165, 1.54) is 24.4 Å². The number of nitrogens with zero attached hydrogens (tertiary/aromatic N) is 1. The smallest absolute Gasteiger partial charge is 0.326 e. The number of carboxylic acid groups (broad SMARTS) is 1. The Kier molecular flexibility index (Phi) is 5.64. The number of hydrogen-bond donors (Lipinski definition) is 2. The Labute approximate surface area is 139 Å². The zero-order valence-electron chi connectivity index (χ0n) is 12.6. The van der Waals surface area contributed by atoms with Crippen molar-refractivity contribution in [3.8, 4) is 0 Å². The Hall–Kier alpha value is -2.74. The quantitative estimate of drug-likeness (QED) is 0.775. The van der Waals surface area contributed by atoms with Gasteiger partial charge in [0.05, 0.1) is 10.6 Å². The standard InChI is InChI=1S/C16H16N2O5S/c19-15(13-8-4-5-10-17-13)18-14(16(20)21)9-11-24(22,23)12-6-2-1-3-7-12/h1-8,10,14H,9,11H2,(H,18,19)(H,20,21)/t14-/m0/s1. The van der Waals surface area contributed by atoms with Gasteiger partial charge < -0.3 is 10.4 Å². The fraction of sp³-hybridized carbons (Fsp3) is 0.188. The average molecular weight is 348 g/mol. The molecule has 1 atom stereocenters. The van der Waals surface area contributed by atoms with Crippen LogP contribution in [0.2, 0.25) is 0 Å². The molecule has 0 aliphatic heterocycles. The summed E-state index contributed by atoms with van der Waals surface area (Å²) in [5.74, 6) is -2.36. The van der Waals surface area contributed by atoms with E-state index in [9.17, 15) is 23.1 Å². The number of aromatic nitrogens is 1. The maximum absolute atomic E-state index is 12.2. The van der Waals surface area contributed by atoms with Crippen LogP contribution in [0.1, 0.15) is 16.9 Å². The highest BCUT2D eigenvalue weighted by Gasteiger charge is 2.24. The van der Waals surface area contributed by atoms with E-state index in [1.807, 2.05) is 0 Å². The lowest BCUT2D eigenvalue weighted by atomic mass is 10.2. The van der Waals surface area contributed by atoms with Crippen molar-refractivity contribution in [1.82, 2.24) is 10.3 Å². The zero-order chi connectivity index (χ0) is 17.6. The molecule has 7 nitrogen and oxygen atoms in total. The van der Waals surface area contributed by atoms with Gasteiger partial charge in [-0.05, 0) is 30.7 Å². The minimum Gasteiger partial charge on any atom is -0.480 e. The maximum atomic E-state index is 12.2. The number of aliphatic carboxylic acids is 1. The molecule has 0 unspecified atom stereocenters. The van der Waals surface area contributed by atoms with E-state index in [0.29, 0.717) is 0 Å². The SMILES string of the molecule is O=C(N[C@@H](CCS(=O)(=O)c1ccccc1)C(=O)O)c1ccccn1. The fourth-order valence-corrected chi connectivity index (χ4v) is 3.36. The highest BCUT2D eigenvalue weighted by atomic mass is 32.2. The number of rotatable bonds is 7. The van der Waals surface area contributed by atoms with Gasteiger partial charge in [0.1, 0.15) is 11.7 Å². The number of carboxylic acids is 1. The minimum absolute atomic E-state index is 0.0645. The molecule has 126 valence electrons. The van der Waals surface area contributed by atoms with Crippen molar-refractivity contribution < 1.29 is 23.1 Å². The molecule has 8 heteroatoms. The average Bonchev–Trinajstić information content (AvgIpc) is 2.59. The van der Waals surface area contributed by atoms with Crippen LogP contribution in [-0.2, 0) is 14.6 Å². The maximum Gasteiger partial charge on any atom is 0.326 e. The van der Waals surface area contributed by atoms with E-state index < -0.39 is 33.5 Å². The molecule has 2 N–H and O–H groups in total. The van der Waals surface area contributed by atoms with E-state index in [2.05, 4.69) is 10.3 Å². The highest BCUT2D eigenvalue weighted by Crippen LogP contribution is 2.12. The third kappa shape index (κ3) is 4.63. The first-order chi connectivity index (χ1) is 11.4. The predicted molar refractivity (Wildman–Crippen MR) is 86.2 cm³/mol. The number of carbonyl (C=O) groups is 2. The van der Waals surface area contributed by atoms with Crippen LogP contribution in [0.5, 0.6) is 0 Å². The van der Waals surface area contributed by atoms with Gasteiger partial charge in [-0.15, -0.1) is 0 Å². The number of nitrogens with one attached hydrogen (secondary N) is 1. The molecule has 1 heterocycles. The van der Waals surface area contributed by atoms with Crippen LogP contribution >= 0.6 is 0 Å². The molecule has 1 aromatic heterocycles. The van der Waals surface area contributed by atoms with Crippen molar-refractivity contribution in [3.05, 3.63) is 60.4 Å². The Morgan fingerprint density at radius 2 is 1.75 bits per heavy atom. The summed E-state index contributed by atoms with van der Waals surface area (Å²) in [4.78, 5) is 27.2. The molecule has 0 radical (unpaired) electrons. The number of amides is 1. The summed E-state index contributed by atoms with van der Waals surface area (Å²) >= 11 is 0. The third-order valence-corrected chi connectivity index (χ3v) is 5.04. The van der Waals surface area contributed by atoms with E-state index in [4.69, 9.17) is 0 Å². The first-order valence-electron chi connectivity index (χ1n) is 7.12. The van der Waals surface area contributed by atoms with Crippen LogP contribution in [0.25, 0.3) is 0 Å². The molecular weight excluding hydrogens is 332 g/mol. The predicted octanol–water partition coefficient (Wildman–Crippen LogP) is 1.13. The van der Waals surface area contributed by atoms with E-state index in [-0.39, 0.29) is 17.0 Å². The van der Waals surface area contributed by atoms with Crippen molar-refractivity contribution in [2.24, 2.45) is 0 Å². The van der Waals surface area contributed by atoms with Crippen LogP contribution in [0.4, 0.5) is 0 Å². The molecule has 0 bridgehead atoms. The summed E-state index contributed by atoms with van der Waals surface area (Å²) in [5.41, 5.74) is 0.0645. The number of carbonyl (C=O) groups excluding carboxylic acids is 1. The summed E-state index contributed by atoms with van der Waals surface area (Å²) in [5, 5.41) is 11.5. The van der Waals surface area contributed by atoms with Crippen LogP contribution in [0.15, 0.2) is 59.6 Å². The Balaban J connectivity index is 2.04. The van der Waals surface area contributed by atoms with Crippen molar-refractivity contribution in [1.29, 1.82) is 0 Å². The molecule has 1 aromatic carbocycles. The monoisotopic (exact) mass is 348 g/mol. The van der Waals surface area contributed by atoms with Crippen LogP contribution < -0.4 is 5.32 Å². The second kappa shape index (κ2) is 7.69. The first-order valence-corrected chi connectivity index (χ1v) is 8.78. The molecule has 2 aromatic rings. The zero-order valence-corrected chi connectivity index (χ0v) is 13.4. The molecule has 24 heavy (non-hydrogen) atoms. The normalized spacial score (nSPS) is 12.3. The number of benzene rings is 1. The van der Waals surface area contributed by atoms with E-state index in [0.717, 1.165) is 0 Å². The minimum atomic E-state index is -3.62. The second-order valence-electron chi connectivity index (χ2n) is 5.00.